The Balaban J connectivity index is 1.84. The molecule has 0 aliphatic rings. The molecular weight excluding hydrogens is 242 g/mol. The molecule has 6 heteroatoms. The van der Waals surface area contributed by atoms with Gasteiger partial charge in [0.2, 0.25) is 0 Å². The zero-order valence-electron chi connectivity index (χ0n) is 10.7. The minimum Gasteiger partial charge on any atom is -0.347 e. The highest BCUT2D eigenvalue weighted by molar-refractivity contribution is 5.89. The summed E-state index contributed by atoms with van der Waals surface area (Å²) >= 11 is 0. The van der Waals surface area contributed by atoms with Gasteiger partial charge in [0.15, 0.2) is 0 Å². The lowest BCUT2D eigenvalue weighted by Crippen LogP contribution is -2.28. The number of carbonyl (C=O) groups excluding carboxylic acids is 1. The summed E-state index contributed by atoms with van der Waals surface area (Å²) in [4.78, 5) is 18.4. The van der Waals surface area contributed by atoms with Crippen LogP contribution in [0.3, 0.4) is 0 Å². The maximum Gasteiger partial charge on any atom is 0.319 e. The maximum absolute atomic E-state index is 11.6. The van der Waals surface area contributed by atoms with Gasteiger partial charge in [0.1, 0.15) is 0 Å². The predicted octanol–water partition coefficient (Wildman–Crippen LogP) is 1.75. The van der Waals surface area contributed by atoms with Gasteiger partial charge in [0.05, 0.1) is 18.6 Å². The fourth-order valence-electron chi connectivity index (χ4n) is 1.60. The van der Waals surface area contributed by atoms with Crippen LogP contribution in [0.2, 0.25) is 0 Å². The summed E-state index contributed by atoms with van der Waals surface area (Å²) in [6.07, 6.45) is 3.24. The SMILES string of the molecule is CC(N)c1ccc(NC(=O)NCc2cnc[nH]2)cc1. The Kier molecular flexibility index (Phi) is 4.15. The van der Waals surface area contributed by atoms with Crippen molar-refractivity contribution in [1.82, 2.24) is 15.3 Å². The van der Waals surface area contributed by atoms with E-state index < -0.39 is 0 Å². The minimum atomic E-state index is -0.261. The number of nitrogens with one attached hydrogen (secondary N) is 3. The molecule has 1 heterocycles. The Bertz CT molecular complexity index is 518. The van der Waals surface area contributed by atoms with E-state index in [0.717, 1.165) is 16.9 Å². The first-order valence-electron chi connectivity index (χ1n) is 6.03. The number of benzene rings is 1. The lowest BCUT2D eigenvalue weighted by atomic mass is 10.1. The summed E-state index contributed by atoms with van der Waals surface area (Å²) < 4.78 is 0. The highest BCUT2D eigenvalue weighted by Crippen LogP contribution is 2.13. The molecule has 19 heavy (non-hydrogen) atoms. The topological polar surface area (TPSA) is 95.8 Å². The van der Waals surface area contributed by atoms with Crippen molar-refractivity contribution >= 4 is 11.7 Å². The first kappa shape index (κ1) is 13.1. The number of H-pyrrole nitrogens is 1. The number of rotatable bonds is 4. The third kappa shape index (κ3) is 3.82. The fourth-order valence-corrected chi connectivity index (χ4v) is 1.60. The average Bonchev–Trinajstić information content (AvgIpc) is 2.90. The molecule has 0 aliphatic heterocycles. The Hall–Kier alpha value is -2.34. The van der Waals surface area contributed by atoms with Crippen LogP contribution < -0.4 is 16.4 Å². The van der Waals surface area contributed by atoms with Crippen LogP contribution in [0.1, 0.15) is 24.2 Å². The van der Waals surface area contributed by atoms with E-state index in [1.807, 2.05) is 31.2 Å². The van der Waals surface area contributed by atoms with Crippen molar-refractivity contribution in [3.63, 3.8) is 0 Å². The Morgan fingerprint density at radius 1 is 1.42 bits per heavy atom. The van der Waals surface area contributed by atoms with Crippen LogP contribution >= 0.6 is 0 Å². The van der Waals surface area contributed by atoms with Crippen molar-refractivity contribution in [2.24, 2.45) is 5.73 Å². The number of hydrogen-bond acceptors (Lipinski definition) is 3. The van der Waals surface area contributed by atoms with Crippen molar-refractivity contribution in [3.05, 3.63) is 48.0 Å². The number of amides is 2. The van der Waals surface area contributed by atoms with Crippen LogP contribution in [0, 0.1) is 0 Å². The highest BCUT2D eigenvalue weighted by atomic mass is 16.2. The molecule has 100 valence electrons. The Labute approximate surface area is 111 Å². The Morgan fingerprint density at radius 3 is 2.74 bits per heavy atom. The molecule has 0 fully saturated rings. The Morgan fingerprint density at radius 2 is 2.16 bits per heavy atom. The van der Waals surface area contributed by atoms with E-state index in [1.165, 1.54) is 0 Å². The third-order valence-corrected chi connectivity index (χ3v) is 2.69. The van der Waals surface area contributed by atoms with Gasteiger partial charge >= 0.3 is 6.03 Å². The van der Waals surface area contributed by atoms with Gasteiger partial charge in [-0.25, -0.2) is 9.78 Å². The number of nitrogens with two attached hydrogens (primary N) is 1. The average molecular weight is 259 g/mol. The van der Waals surface area contributed by atoms with Crippen LogP contribution in [0.25, 0.3) is 0 Å². The third-order valence-electron chi connectivity index (χ3n) is 2.69. The molecule has 0 saturated heterocycles. The standard InChI is InChI=1S/C13H17N5O/c1-9(14)10-2-4-11(5-3-10)18-13(19)16-7-12-6-15-8-17-12/h2-6,8-9H,7,14H2,1H3,(H,15,17)(H2,16,18,19). The monoisotopic (exact) mass is 259 g/mol. The van der Waals surface area contributed by atoms with Gasteiger partial charge in [-0.15, -0.1) is 0 Å². The molecule has 6 nitrogen and oxygen atoms in total. The molecular formula is C13H17N5O. The molecule has 2 amide bonds. The van der Waals surface area contributed by atoms with Crippen LogP contribution in [0.15, 0.2) is 36.8 Å². The summed E-state index contributed by atoms with van der Waals surface area (Å²) in [5, 5.41) is 5.47. The van der Waals surface area contributed by atoms with Crippen molar-refractivity contribution < 1.29 is 4.79 Å². The maximum atomic E-state index is 11.6. The lowest BCUT2D eigenvalue weighted by Gasteiger charge is -2.09. The van der Waals surface area contributed by atoms with E-state index in [4.69, 9.17) is 5.73 Å². The molecule has 2 aromatic rings. The number of imidazole rings is 1. The summed E-state index contributed by atoms with van der Waals surface area (Å²) in [7, 11) is 0. The number of hydrogen-bond donors (Lipinski definition) is 4. The second-order valence-corrected chi connectivity index (χ2v) is 4.30. The van der Waals surface area contributed by atoms with Gasteiger partial charge in [-0.3, -0.25) is 0 Å². The molecule has 2 rings (SSSR count). The summed E-state index contributed by atoms with van der Waals surface area (Å²) in [5.41, 5.74) is 8.37. The minimum absolute atomic E-state index is 0.0109. The van der Waals surface area contributed by atoms with Crippen molar-refractivity contribution in [2.45, 2.75) is 19.5 Å². The number of aromatic amines is 1. The van der Waals surface area contributed by atoms with E-state index in [2.05, 4.69) is 20.6 Å². The van der Waals surface area contributed by atoms with Crippen LogP contribution in [-0.4, -0.2) is 16.0 Å². The first-order valence-corrected chi connectivity index (χ1v) is 6.03. The van der Waals surface area contributed by atoms with Crippen LogP contribution in [0.5, 0.6) is 0 Å². The molecule has 0 spiro atoms. The number of nitrogens with zero attached hydrogens (tertiary/aromatic N) is 1. The number of anilines is 1. The van der Waals surface area contributed by atoms with E-state index in [1.54, 1.807) is 12.5 Å². The molecule has 1 aromatic heterocycles. The van der Waals surface area contributed by atoms with E-state index in [0.29, 0.717) is 6.54 Å². The second kappa shape index (κ2) is 6.01. The van der Waals surface area contributed by atoms with E-state index in [9.17, 15) is 4.79 Å². The molecule has 1 atom stereocenters. The van der Waals surface area contributed by atoms with Gasteiger partial charge in [-0.1, -0.05) is 12.1 Å². The van der Waals surface area contributed by atoms with Gasteiger partial charge in [0, 0.05) is 17.9 Å². The fraction of sp³-hybridized carbons (Fsp3) is 0.231. The highest BCUT2D eigenvalue weighted by Gasteiger charge is 2.03. The quantitative estimate of drug-likeness (QED) is 0.673. The van der Waals surface area contributed by atoms with Gasteiger partial charge in [-0.2, -0.15) is 0 Å². The molecule has 0 bridgehead atoms. The normalized spacial score (nSPS) is 11.9. The number of urea groups is 1. The van der Waals surface area contributed by atoms with E-state index >= 15 is 0 Å². The summed E-state index contributed by atoms with van der Waals surface area (Å²) in [6.45, 7) is 2.32. The van der Waals surface area contributed by atoms with Gasteiger partial charge < -0.3 is 21.4 Å². The van der Waals surface area contributed by atoms with Crippen molar-refractivity contribution in [2.75, 3.05) is 5.32 Å². The molecule has 5 N–H and O–H groups in total. The first-order chi connectivity index (χ1) is 9.15. The summed E-state index contributed by atoms with van der Waals surface area (Å²) in [5.74, 6) is 0. The van der Waals surface area contributed by atoms with Crippen molar-refractivity contribution in [3.8, 4) is 0 Å². The lowest BCUT2D eigenvalue weighted by molar-refractivity contribution is 0.251. The molecule has 0 saturated carbocycles. The largest absolute Gasteiger partial charge is 0.347 e. The zero-order valence-corrected chi connectivity index (χ0v) is 10.7. The molecule has 1 unspecified atom stereocenters. The predicted molar refractivity (Wildman–Crippen MR) is 73.5 cm³/mol. The number of carbonyl (C=O) groups is 1. The summed E-state index contributed by atoms with van der Waals surface area (Å²) in [6, 6.07) is 7.18. The van der Waals surface area contributed by atoms with Crippen LogP contribution in [-0.2, 0) is 6.54 Å². The van der Waals surface area contributed by atoms with Crippen LogP contribution in [0.4, 0.5) is 10.5 Å². The zero-order chi connectivity index (χ0) is 13.7. The second-order valence-electron chi connectivity index (χ2n) is 4.30. The molecule has 0 aliphatic carbocycles. The van der Waals surface area contributed by atoms with Gasteiger partial charge in [0.25, 0.3) is 0 Å². The van der Waals surface area contributed by atoms with Crippen molar-refractivity contribution in [1.29, 1.82) is 0 Å². The molecule has 0 radical (unpaired) electrons. The number of aromatic nitrogens is 2. The van der Waals surface area contributed by atoms with Gasteiger partial charge in [-0.05, 0) is 24.6 Å². The smallest absolute Gasteiger partial charge is 0.319 e. The molecule has 1 aromatic carbocycles. The van der Waals surface area contributed by atoms with E-state index in [-0.39, 0.29) is 12.1 Å².